The average molecular weight is 377 g/mol. The van der Waals surface area contributed by atoms with Gasteiger partial charge in [0.15, 0.2) is 0 Å². The van der Waals surface area contributed by atoms with Gasteiger partial charge in [-0.1, -0.05) is 41.6 Å². The third kappa shape index (κ3) is 4.61. The van der Waals surface area contributed by atoms with E-state index in [0.29, 0.717) is 31.3 Å². The molecular formula is C21H23N5O2. The van der Waals surface area contributed by atoms with Crippen molar-refractivity contribution in [2.24, 2.45) is 5.92 Å². The Morgan fingerprint density at radius 2 is 2.11 bits per heavy atom. The lowest BCUT2D eigenvalue weighted by Gasteiger charge is -2.30. The van der Waals surface area contributed by atoms with Crippen LogP contribution in [0.4, 0.5) is 0 Å². The first kappa shape index (κ1) is 18.3. The van der Waals surface area contributed by atoms with Gasteiger partial charge in [-0.2, -0.15) is 4.98 Å². The molecule has 1 aliphatic rings. The van der Waals surface area contributed by atoms with Crippen LogP contribution in [0.25, 0.3) is 11.4 Å². The predicted octanol–water partition coefficient (Wildman–Crippen LogP) is 2.66. The highest BCUT2D eigenvalue weighted by Crippen LogP contribution is 2.20. The maximum Gasteiger partial charge on any atom is 0.241 e. The molecule has 1 aliphatic heterocycles. The Kier molecular flexibility index (Phi) is 5.72. The van der Waals surface area contributed by atoms with Gasteiger partial charge in [0.05, 0.1) is 12.5 Å². The zero-order valence-corrected chi connectivity index (χ0v) is 15.6. The molecule has 1 aromatic carbocycles. The number of benzene rings is 1. The number of nitrogens with one attached hydrogen (secondary N) is 1. The zero-order chi connectivity index (χ0) is 19.2. The monoisotopic (exact) mass is 377 g/mol. The summed E-state index contributed by atoms with van der Waals surface area (Å²) in [5.74, 6) is 1.24. The summed E-state index contributed by atoms with van der Waals surface area (Å²) in [5, 5.41) is 7.09. The smallest absolute Gasteiger partial charge is 0.241 e. The molecule has 0 spiro atoms. The number of likely N-dealkylation sites (tertiary alicyclic amines) is 1. The van der Waals surface area contributed by atoms with Crippen LogP contribution in [0.15, 0.2) is 59.4 Å². The Morgan fingerprint density at radius 3 is 2.93 bits per heavy atom. The van der Waals surface area contributed by atoms with E-state index in [-0.39, 0.29) is 11.8 Å². The van der Waals surface area contributed by atoms with Crippen molar-refractivity contribution in [1.82, 2.24) is 25.3 Å². The molecule has 7 heteroatoms. The molecule has 0 radical (unpaired) electrons. The van der Waals surface area contributed by atoms with E-state index in [1.165, 1.54) is 0 Å². The van der Waals surface area contributed by atoms with E-state index in [1.807, 2.05) is 42.5 Å². The fourth-order valence-electron chi connectivity index (χ4n) is 3.46. The molecule has 0 bridgehead atoms. The Morgan fingerprint density at radius 1 is 1.21 bits per heavy atom. The van der Waals surface area contributed by atoms with Crippen LogP contribution in [-0.2, 0) is 17.9 Å². The summed E-state index contributed by atoms with van der Waals surface area (Å²) in [6, 6.07) is 13.6. The van der Waals surface area contributed by atoms with Crippen LogP contribution in [0.1, 0.15) is 24.3 Å². The van der Waals surface area contributed by atoms with Crippen LogP contribution >= 0.6 is 0 Å². The highest BCUT2D eigenvalue weighted by atomic mass is 16.5. The molecule has 7 nitrogen and oxygen atoms in total. The highest BCUT2D eigenvalue weighted by molar-refractivity contribution is 5.78. The fraction of sp³-hybridized carbons (Fsp3) is 0.333. The number of aromatic nitrogens is 3. The summed E-state index contributed by atoms with van der Waals surface area (Å²) in [7, 11) is 0. The first-order chi connectivity index (χ1) is 13.8. The van der Waals surface area contributed by atoms with Gasteiger partial charge < -0.3 is 9.84 Å². The second-order valence-electron chi connectivity index (χ2n) is 7.03. The second-order valence-corrected chi connectivity index (χ2v) is 7.03. The number of hydrogen-bond donors (Lipinski definition) is 1. The molecule has 1 unspecified atom stereocenters. The van der Waals surface area contributed by atoms with Gasteiger partial charge in [-0.3, -0.25) is 14.7 Å². The quantitative estimate of drug-likeness (QED) is 0.711. The lowest BCUT2D eigenvalue weighted by molar-refractivity contribution is -0.127. The number of pyridine rings is 1. The number of nitrogens with zero attached hydrogens (tertiary/aromatic N) is 4. The van der Waals surface area contributed by atoms with Gasteiger partial charge in [0.25, 0.3) is 0 Å². The van der Waals surface area contributed by atoms with Crippen molar-refractivity contribution < 1.29 is 9.32 Å². The number of carbonyl (C=O) groups excluding carboxylic acids is 1. The van der Waals surface area contributed by atoms with E-state index in [4.69, 9.17) is 4.52 Å². The Bertz CT molecular complexity index is 897. The molecule has 1 fully saturated rings. The molecule has 144 valence electrons. The van der Waals surface area contributed by atoms with E-state index in [9.17, 15) is 4.79 Å². The first-order valence-corrected chi connectivity index (χ1v) is 9.55. The van der Waals surface area contributed by atoms with Gasteiger partial charge in [0.2, 0.25) is 17.6 Å². The molecule has 28 heavy (non-hydrogen) atoms. The fourth-order valence-corrected chi connectivity index (χ4v) is 3.46. The lowest BCUT2D eigenvalue weighted by Crippen LogP contribution is -2.42. The molecule has 1 amide bonds. The summed E-state index contributed by atoms with van der Waals surface area (Å²) in [6.45, 7) is 2.69. The van der Waals surface area contributed by atoms with E-state index >= 15 is 0 Å². The first-order valence-electron chi connectivity index (χ1n) is 9.55. The van der Waals surface area contributed by atoms with Crippen molar-refractivity contribution in [3.63, 3.8) is 0 Å². The van der Waals surface area contributed by atoms with Crippen molar-refractivity contribution in [2.45, 2.75) is 25.9 Å². The topological polar surface area (TPSA) is 84.2 Å². The van der Waals surface area contributed by atoms with Gasteiger partial charge in [-0.15, -0.1) is 0 Å². The molecular weight excluding hydrogens is 354 g/mol. The van der Waals surface area contributed by atoms with Crippen LogP contribution in [0.5, 0.6) is 0 Å². The Hall–Kier alpha value is -3.06. The van der Waals surface area contributed by atoms with Gasteiger partial charge >= 0.3 is 0 Å². The van der Waals surface area contributed by atoms with Gasteiger partial charge in [-0.05, 0) is 31.0 Å². The van der Waals surface area contributed by atoms with E-state index in [1.54, 1.807) is 12.4 Å². The molecule has 1 N–H and O–H groups in total. The van der Waals surface area contributed by atoms with E-state index in [2.05, 4.69) is 25.3 Å². The summed E-state index contributed by atoms with van der Waals surface area (Å²) in [5.41, 5.74) is 1.94. The summed E-state index contributed by atoms with van der Waals surface area (Å²) in [4.78, 5) is 23.3. The molecule has 3 aromatic rings. The van der Waals surface area contributed by atoms with Crippen LogP contribution < -0.4 is 5.32 Å². The minimum absolute atomic E-state index is 0.0260. The number of carbonyl (C=O) groups is 1. The predicted molar refractivity (Wildman–Crippen MR) is 104 cm³/mol. The van der Waals surface area contributed by atoms with Crippen LogP contribution in [0.2, 0.25) is 0 Å². The molecule has 0 aliphatic carbocycles. The van der Waals surface area contributed by atoms with E-state index in [0.717, 1.165) is 30.5 Å². The van der Waals surface area contributed by atoms with Crippen LogP contribution in [0, 0.1) is 5.92 Å². The number of amides is 1. The maximum absolute atomic E-state index is 12.5. The summed E-state index contributed by atoms with van der Waals surface area (Å²) >= 11 is 0. The van der Waals surface area contributed by atoms with Crippen molar-refractivity contribution in [3.05, 3.63) is 66.3 Å². The molecule has 1 atom stereocenters. The van der Waals surface area contributed by atoms with Crippen molar-refractivity contribution in [2.75, 3.05) is 13.1 Å². The third-order valence-corrected chi connectivity index (χ3v) is 4.92. The maximum atomic E-state index is 12.5. The zero-order valence-electron chi connectivity index (χ0n) is 15.6. The van der Waals surface area contributed by atoms with E-state index < -0.39 is 0 Å². The number of hydrogen-bond acceptors (Lipinski definition) is 6. The average Bonchev–Trinajstić information content (AvgIpc) is 3.22. The Balaban J connectivity index is 1.31. The lowest BCUT2D eigenvalue weighted by atomic mass is 9.97. The summed E-state index contributed by atoms with van der Waals surface area (Å²) < 4.78 is 5.41. The highest BCUT2D eigenvalue weighted by Gasteiger charge is 2.26. The van der Waals surface area contributed by atoms with Crippen molar-refractivity contribution in [1.29, 1.82) is 0 Å². The second kappa shape index (κ2) is 8.75. The molecule has 4 rings (SSSR count). The summed E-state index contributed by atoms with van der Waals surface area (Å²) in [6.07, 6.45) is 5.37. The normalized spacial score (nSPS) is 17.4. The molecule has 0 saturated carbocycles. The van der Waals surface area contributed by atoms with Gasteiger partial charge in [0.1, 0.15) is 0 Å². The molecule has 2 aromatic heterocycles. The standard InChI is InChI=1S/C21H23N5O2/c27-21(23-13-16-6-4-10-22-12-16)18-9-5-11-26(14-18)15-19-24-20(25-28-19)17-7-2-1-3-8-17/h1-4,6-8,10,12,18H,5,9,11,13-15H2,(H,23,27). The largest absolute Gasteiger partial charge is 0.352 e. The third-order valence-electron chi connectivity index (χ3n) is 4.92. The molecule has 1 saturated heterocycles. The minimum atomic E-state index is -0.0260. The SMILES string of the molecule is O=C(NCc1cccnc1)C1CCCN(Cc2nc(-c3ccccc3)no2)C1. The van der Waals surface area contributed by atoms with Crippen LogP contribution in [-0.4, -0.2) is 39.0 Å². The van der Waals surface area contributed by atoms with Crippen LogP contribution in [0.3, 0.4) is 0 Å². The number of piperidine rings is 1. The van der Waals surface area contributed by atoms with Crippen molar-refractivity contribution in [3.8, 4) is 11.4 Å². The van der Waals surface area contributed by atoms with Gasteiger partial charge in [0, 0.05) is 31.0 Å². The Labute approximate surface area is 163 Å². The van der Waals surface area contributed by atoms with Gasteiger partial charge in [-0.25, -0.2) is 0 Å². The minimum Gasteiger partial charge on any atom is -0.352 e. The molecule has 3 heterocycles. The van der Waals surface area contributed by atoms with Crippen molar-refractivity contribution >= 4 is 5.91 Å². The number of rotatable bonds is 6.